The molecule has 0 saturated heterocycles. The second-order valence-corrected chi connectivity index (χ2v) is 7.78. The van der Waals surface area contributed by atoms with Gasteiger partial charge in [-0.2, -0.15) is 13.5 Å². The van der Waals surface area contributed by atoms with Crippen LogP contribution in [0.3, 0.4) is 0 Å². The van der Waals surface area contributed by atoms with Crippen molar-refractivity contribution in [2.24, 2.45) is 5.10 Å². The summed E-state index contributed by atoms with van der Waals surface area (Å²) in [5, 5.41) is 17.3. The Morgan fingerprint density at radius 3 is 2.45 bits per heavy atom. The third kappa shape index (κ3) is 6.01. The van der Waals surface area contributed by atoms with Crippen molar-refractivity contribution in [2.75, 3.05) is 12.4 Å². The van der Waals surface area contributed by atoms with E-state index in [0.29, 0.717) is 0 Å². The molecule has 0 bridgehead atoms. The number of ether oxygens (including phenoxy) is 1. The van der Waals surface area contributed by atoms with Crippen LogP contribution in [-0.2, 0) is 14.8 Å². The van der Waals surface area contributed by atoms with Gasteiger partial charge >= 0.3 is 0 Å². The molecule has 0 saturated carbocycles. The maximum Gasteiger partial charge on any atom is 0.296 e. The first kappa shape index (κ1) is 21.8. The first-order valence-corrected chi connectivity index (χ1v) is 9.84. The topological polar surface area (TPSA) is 140 Å². The molecular weight excluding hydrogens is 400 g/mol. The molecule has 0 atom stereocenters. The second-order valence-electron chi connectivity index (χ2n) is 6.12. The Bertz CT molecular complexity index is 1050. The predicted molar refractivity (Wildman–Crippen MR) is 108 cm³/mol. The molecule has 2 aromatic rings. The quantitative estimate of drug-likeness (QED) is 0.382. The minimum absolute atomic E-state index is 0.00571. The van der Waals surface area contributed by atoms with Crippen molar-refractivity contribution in [3.05, 3.63) is 58.1 Å². The number of benzene rings is 2. The molecule has 1 amide bonds. The van der Waals surface area contributed by atoms with Gasteiger partial charge in [-0.25, -0.2) is 4.83 Å². The number of hydrogen-bond acceptors (Lipinski definition) is 7. The number of carbonyl (C=O) groups is 1. The van der Waals surface area contributed by atoms with Crippen molar-refractivity contribution in [2.45, 2.75) is 25.2 Å². The van der Waals surface area contributed by atoms with Crippen molar-refractivity contribution in [3.8, 4) is 5.75 Å². The van der Waals surface area contributed by atoms with Crippen molar-refractivity contribution in [3.63, 3.8) is 0 Å². The number of rotatable bonds is 8. The van der Waals surface area contributed by atoms with E-state index in [4.69, 9.17) is 4.74 Å². The first-order valence-electron chi connectivity index (χ1n) is 8.36. The molecule has 29 heavy (non-hydrogen) atoms. The largest absolute Gasteiger partial charge is 0.496 e. The van der Waals surface area contributed by atoms with Crippen molar-refractivity contribution < 1.29 is 22.9 Å². The molecule has 0 spiro atoms. The second kappa shape index (κ2) is 9.15. The minimum Gasteiger partial charge on any atom is -0.496 e. The minimum atomic E-state index is -3.86. The van der Waals surface area contributed by atoms with Crippen LogP contribution < -0.4 is 14.9 Å². The van der Waals surface area contributed by atoms with Crippen molar-refractivity contribution in [1.82, 2.24) is 4.83 Å². The molecule has 2 aromatic carbocycles. The van der Waals surface area contributed by atoms with E-state index in [1.807, 2.05) is 6.92 Å². The normalized spacial score (nSPS) is 11.6. The number of aryl methyl sites for hydroxylation is 1. The fourth-order valence-electron chi connectivity index (χ4n) is 2.27. The molecule has 0 fully saturated rings. The summed E-state index contributed by atoms with van der Waals surface area (Å²) in [6, 6.07) is 10.2. The van der Waals surface area contributed by atoms with Crippen LogP contribution in [-0.4, -0.2) is 32.1 Å². The van der Waals surface area contributed by atoms with Crippen LogP contribution in [0.4, 0.5) is 11.4 Å². The summed E-state index contributed by atoms with van der Waals surface area (Å²) >= 11 is 0. The standard InChI is InChI=1S/C18H20N4O6S/c1-12-4-7-15(8-5-12)29(26,27)21-20-13(2)10-18(23)19-16-9-6-14(28-3)11-17(16)22(24)25/h4-9,11,21H,10H2,1-3H3,(H,19,23)/b20-13-. The van der Waals surface area contributed by atoms with Crippen LogP contribution in [0.5, 0.6) is 5.75 Å². The summed E-state index contributed by atoms with van der Waals surface area (Å²) in [6.07, 6.45) is -0.264. The van der Waals surface area contributed by atoms with Gasteiger partial charge in [0.15, 0.2) is 0 Å². The molecule has 2 rings (SSSR count). The van der Waals surface area contributed by atoms with E-state index in [9.17, 15) is 23.3 Å². The van der Waals surface area contributed by atoms with Gasteiger partial charge in [0.2, 0.25) is 5.91 Å². The number of nitrogens with zero attached hydrogens (tertiary/aromatic N) is 2. The fourth-order valence-corrected chi connectivity index (χ4v) is 3.15. The number of sulfonamides is 1. The number of nitro benzene ring substituents is 1. The molecule has 0 aliphatic rings. The number of nitrogens with one attached hydrogen (secondary N) is 2. The van der Waals surface area contributed by atoms with Crippen LogP contribution >= 0.6 is 0 Å². The summed E-state index contributed by atoms with van der Waals surface area (Å²) in [6.45, 7) is 3.29. The highest BCUT2D eigenvalue weighted by atomic mass is 32.2. The Balaban J connectivity index is 2.05. The van der Waals surface area contributed by atoms with E-state index in [1.54, 1.807) is 12.1 Å². The Kier molecular flexibility index (Phi) is 6.89. The van der Waals surface area contributed by atoms with Gasteiger partial charge in [-0.05, 0) is 38.1 Å². The van der Waals surface area contributed by atoms with Gasteiger partial charge in [0.05, 0.1) is 29.4 Å². The Hall–Kier alpha value is -3.47. The van der Waals surface area contributed by atoms with Crippen LogP contribution in [0.2, 0.25) is 0 Å². The molecular formula is C18H20N4O6S. The molecule has 0 heterocycles. The maximum atomic E-state index is 12.2. The van der Waals surface area contributed by atoms with Crippen LogP contribution in [0.15, 0.2) is 52.5 Å². The lowest BCUT2D eigenvalue weighted by Crippen LogP contribution is -2.22. The predicted octanol–water partition coefficient (Wildman–Crippen LogP) is 2.59. The lowest BCUT2D eigenvalue weighted by atomic mass is 10.2. The molecule has 0 aromatic heterocycles. The molecule has 0 aliphatic heterocycles. The fraction of sp³-hybridized carbons (Fsp3) is 0.222. The van der Waals surface area contributed by atoms with E-state index in [0.717, 1.165) is 5.56 Å². The number of anilines is 1. The zero-order chi connectivity index (χ0) is 21.6. The number of carbonyl (C=O) groups excluding carboxylic acids is 1. The molecule has 2 N–H and O–H groups in total. The SMILES string of the molecule is COc1ccc(NC(=O)C/C(C)=N\NS(=O)(=O)c2ccc(C)cc2)c([N+](=O)[O-])c1. The summed E-state index contributed by atoms with van der Waals surface area (Å²) in [5.41, 5.74) is 0.753. The van der Waals surface area contributed by atoms with Gasteiger partial charge in [0.25, 0.3) is 15.7 Å². The van der Waals surface area contributed by atoms with E-state index in [1.165, 1.54) is 44.4 Å². The summed E-state index contributed by atoms with van der Waals surface area (Å²) in [5.74, 6) is -0.313. The van der Waals surface area contributed by atoms with Crippen LogP contribution in [0.1, 0.15) is 18.9 Å². The average molecular weight is 420 g/mol. The van der Waals surface area contributed by atoms with Gasteiger partial charge in [-0.15, -0.1) is 0 Å². The van der Waals surface area contributed by atoms with Crippen LogP contribution in [0.25, 0.3) is 0 Å². The lowest BCUT2D eigenvalue weighted by molar-refractivity contribution is -0.384. The average Bonchev–Trinajstić information content (AvgIpc) is 2.67. The van der Waals surface area contributed by atoms with E-state index in [-0.39, 0.29) is 34.2 Å². The first-order chi connectivity index (χ1) is 13.6. The van der Waals surface area contributed by atoms with Gasteiger partial charge in [-0.3, -0.25) is 14.9 Å². The van der Waals surface area contributed by atoms with Crippen molar-refractivity contribution >= 4 is 33.0 Å². The molecule has 0 radical (unpaired) electrons. The molecule has 11 heteroatoms. The number of hydrogen-bond donors (Lipinski definition) is 2. The summed E-state index contributed by atoms with van der Waals surface area (Å²) in [4.78, 5) is 24.8. The number of amides is 1. The molecule has 154 valence electrons. The summed E-state index contributed by atoms with van der Waals surface area (Å²) < 4.78 is 29.3. The smallest absolute Gasteiger partial charge is 0.296 e. The van der Waals surface area contributed by atoms with E-state index in [2.05, 4.69) is 15.2 Å². The van der Waals surface area contributed by atoms with Gasteiger partial charge in [0.1, 0.15) is 11.4 Å². The highest BCUT2D eigenvalue weighted by molar-refractivity contribution is 7.89. The van der Waals surface area contributed by atoms with Gasteiger partial charge in [-0.1, -0.05) is 17.7 Å². The monoisotopic (exact) mass is 420 g/mol. The van der Waals surface area contributed by atoms with E-state index >= 15 is 0 Å². The number of hydrazone groups is 1. The summed E-state index contributed by atoms with van der Waals surface area (Å²) in [7, 11) is -2.50. The highest BCUT2D eigenvalue weighted by Gasteiger charge is 2.18. The third-order valence-electron chi connectivity index (χ3n) is 3.78. The van der Waals surface area contributed by atoms with Gasteiger partial charge < -0.3 is 10.1 Å². The zero-order valence-corrected chi connectivity index (χ0v) is 16.8. The number of methoxy groups -OCH3 is 1. The number of nitro groups is 1. The Labute approximate surface area is 167 Å². The third-order valence-corrected chi connectivity index (χ3v) is 5.00. The van der Waals surface area contributed by atoms with Gasteiger partial charge in [0, 0.05) is 5.71 Å². The molecule has 0 unspecified atom stereocenters. The molecule has 10 nitrogen and oxygen atoms in total. The molecule has 0 aliphatic carbocycles. The maximum absolute atomic E-state index is 12.2. The Morgan fingerprint density at radius 1 is 1.21 bits per heavy atom. The van der Waals surface area contributed by atoms with E-state index < -0.39 is 20.9 Å². The van der Waals surface area contributed by atoms with Crippen LogP contribution in [0, 0.1) is 17.0 Å². The Morgan fingerprint density at radius 2 is 1.86 bits per heavy atom. The highest BCUT2D eigenvalue weighted by Crippen LogP contribution is 2.29. The zero-order valence-electron chi connectivity index (χ0n) is 16.0. The van der Waals surface area contributed by atoms with Crippen molar-refractivity contribution in [1.29, 1.82) is 0 Å². The lowest BCUT2D eigenvalue weighted by Gasteiger charge is -2.08.